The Kier molecular flexibility index (Phi) is 6.65. The predicted octanol–water partition coefficient (Wildman–Crippen LogP) is 3.15. The maximum absolute atomic E-state index is 11.2. The average molecular weight is 369 g/mol. The van der Waals surface area contributed by atoms with Gasteiger partial charge in [-0.3, -0.25) is 4.98 Å². The summed E-state index contributed by atoms with van der Waals surface area (Å²) in [5, 5.41) is 11.9. The highest BCUT2D eigenvalue weighted by atomic mass is 16.5. The molecule has 0 radical (unpaired) electrons. The van der Waals surface area contributed by atoms with Crippen molar-refractivity contribution in [1.29, 1.82) is 0 Å². The Bertz CT molecular complexity index is 730. The van der Waals surface area contributed by atoms with Crippen molar-refractivity contribution in [3.63, 3.8) is 0 Å². The topological polar surface area (TPSA) is 74.7 Å². The number of carboxylic acid groups (broad SMARTS) is 1. The van der Waals surface area contributed by atoms with Crippen LogP contribution in [0.3, 0.4) is 0 Å². The van der Waals surface area contributed by atoms with Crippen LogP contribution in [0.15, 0.2) is 48.8 Å². The number of likely N-dealkylation sites (tertiary alicyclic amines) is 1. The maximum Gasteiger partial charge on any atom is 0.404 e. The van der Waals surface area contributed by atoms with Gasteiger partial charge in [-0.15, -0.1) is 0 Å². The number of hydrogen-bond donors (Lipinski definition) is 2. The van der Waals surface area contributed by atoms with Crippen molar-refractivity contribution in [3.05, 3.63) is 59.9 Å². The van der Waals surface area contributed by atoms with Crippen LogP contribution in [0.2, 0.25) is 0 Å². The molecule has 2 heterocycles. The number of ether oxygens (including phenoxy) is 1. The van der Waals surface area contributed by atoms with E-state index in [0.717, 1.165) is 37.2 Å². The van der Waals surface area contributed by atoms with Crippen molar-refractivity contribution in [1.82, 2.24) is 15.2 Å². The van der Waals surface area contributed by atoms with Crippen LogP contribution in [0.1, 0.15) is 29.9 Å². The summed E-state index contributed by atoms with van der Waals surface area (Å²) >= 11 is 0. The van der Waals surface area contributed by atoms with Gasteiger partial charge in [-0.25, -0.2) is 4.79 Å². The van der Waals surface area contributed by atoms with Crippen molar-refractivity contribution in [2.24, 2.45) is 0 Å². The van der Waals surface area contributed by atoms with Crippen LogP contribution in [0.25, 0.3) is 0 Å². The number of carbonyl (C=O) groups is 1. The first-order valence-electron chi connectivity index (χ1n) is 9.39. The van der Waals surface area contributed by atoms with E-state index in [0.29, 0.717) is 18.9 Å². The third-order valence-corrected chi connectivity index (χ3v) is 5.20. The summed E-state index contributed by atoms with van der Waals surface area (Å²) in [4.78, 5) is 17.6. The first-order valence-corrected chi connectivity index (χ1v) is 9.39. The minimum absolute atomic E-state index is 0.132. The number of pyridine rings is 1. The zero-order valence-corrected chi connectivity index (χ0v) is 15.7. The van der Waals surface area contributed by atoms with E-state index in [1.807, 2.05) is 24.3 Å². The van der Waals surface area contributed by atoms with Gasteiger partial charge in [0, 0.05) is 25.0 Å². The van der Waals surface area contributed by atoms with Crippen molar-refractivity contribution in [3.8, 4) is 5.75 Å². The van der Waals surface area contributed by atoms with Gasteiger partial charge in [-0.1, -0.05) is 18.2 Å². The van der Waals surface area contributed by atoms with Crippen LogP contribution in [0.4, 0.5) is 4.79 Å². The molecule has 0 aliphatic carbocycles. The molecule has 3 rings (SSSR count). The highest BCUT2D eigenvalue weighted by Gasteiger charge is 2.25. The summed E-state index contributed by atoms with van der Waals surface area (Å²) in [5.74, 6) is 1.45. The summed E-state index contributed by atoms with van der Waals surface area (Å²) in [7, 11) is 1.72. The number of hydrogen-bond acceptors (Lipinski definition) is 4. The highest BCUT2D eigenvalue weighted by Crippen LogP contribution is 2.34. The molecule has 144 valence electrons. The summed E-state index contributed by atoms with van der Waals surface area (Å²) in [6.07, 6.45) is 5.28. The van der Waals surface area contributed by atoms with Gasteiger partial charge < -0.3 is 20.1 Å². The first-order chi connectivity index (χ1) is 13.2. The number of para-hydroxylation sites is 1. The molecule has 0 bridgehead atoms. The van der Waals surface area contributed by atoms with Crippen LogP contribution in [-0.2, 0) is 6.42 Å². The molecule has 1 atom stereocenters. The fraction of sp³-hybridized carbons (Fsp3) is 0.429. The van der Waals surface area contributed by atoms with Gasteiger partial charge in [-0.2, -0.15) is 0 Å². The third-order valence-electron chi connectivity index (χ3n) is 5.20. The molecular weight excluding hydrogens is 342 g/mol. The van der Waals surface area contributed by atoms with Crippen LogP contribution in [-0.4, -0.2) is 53.9 Å². The van der Waals surface area contributed by atoms with Crippen LogP contribution < -0.4 is 10.1 Å². The van der Waals surface area contributed by atoms with Crippen molar-refractivity contribution < 1.29 is 14.6 Å². The smallest absolute Gasteiger partial charge is 0.404 e. The number of nitrogens with one attached hydrogen (secondary N) is 1. The normalized spacial score (nSPS) is 16.6. The lowest BCUT2D eigenvalue weighted by molar-refractivity contribution is 0.168. The van der Waals surface area contributed by atoms with Crippen LogP contribution in [0.5, 0.6) is 5.75 Å². The third kappa shape index (κ3) is 5.44. The van der Waals surface area contributed by atoms with E-state index in [2.05, 4.69) is 27.3 Å². The monoisotopic (exact) mass is 369 g/mol. The van der Waals surface area contributed by atoms with Crippen molar-refractivity contribution >= 4 is 6.09 Å². The molecule has 1 fully saturated rings. The Morgan fingerprint density at radius 2 is 1.96 bits per heavy atom. The molecule has 0 unspecified atom stereocenters. The predicted molar refractivity (Wildman–Crippen MR) is 104 cm³/mol. The number of aromatic nitrogens is 1. The molecule has 0 saturated carbocycles. The number of benzene rings is 1. The van der Waals surface area contributed by atoms with Crippen molar-refractivity contribution in [2.75, 3.05) is 26.7 Å². The second-order valence-corrected chi connectivity index (χ2v) is 7.02. The Hall–Kier alpha value is -2.60. The second-order valence-electron chi connectivity index (χ2n) is 7.02. The molecule has 1 amide bonds. The lowest BCUT2D eigenvalue weighted by Crippen LogP contribution is -2.46. The maximum atomic E-state index is 11.2. The van der Waals surface area contributed by atoms with Crippen molar-refractivity contribution in [2.45, 2.75) is 31.2 Å². The fourth-order valence-corrected chi connectivity index (χ4v) is 3.88. The summed E-state index contributed by atoms with van der Waals surface area (Å²) in [5.41, 5.74) is 2.37. The lowest BCUT2D eigenvalue weighted by Gasteiger charge is -2.34. The van der Waals surface area contributed by atoms with E-state index in [9.17, 15) is 9.90 Å². The summed E-state index contributed by atoms with van der Waals surface area (Å²) in [6.45, 7) is 2.63. The van der Waals surface area contributed by atoms with Gasteiger partial charge in [0.2, 0.25) is 0 Å². The Morgan fingerprint density at radius 3 is 2.63 bits per heavy atom. The lowest BCUT2D eigenvalue weighted by atomic mass is 9.88. The number of methoxy groups -OCH3 is 1. The molecule has 1 aliphatic rings. The molecule has 1 aromatic heterocycles. The van der Waals surface area contributed by atoms with E-state index in [-0.39, 0.29) is 6.04 Å². The standard InChI is InChI=1S/C21H27N3O3/c1-27-20-5-3-2-4-19(20)17-8-12-24(13-9-17)15-18(23-21(25)26)14-16-6-10-22-11-7-16/h2-7,10-11,17-18,23H,8-9,12-15H2,1H3,(H,25,26)/t18-/m1/s1. The Labute approximate surface area is 160 Å². The number of nitrogens with zero attached hydrogens (tertiary/aromatic N) is 2. The quantitative estimate of drug-likeness (QED) is 0.784. The minimum Gasteiger partial charge on any atom is -0.496 e. The second kappa shape index (κ2) is 9.37. The number of piperidine rings is 1. The van der Waals surface area contributed by atoms with E-state index in [4.69, 9.17) is 4.74 Å². The first kappa shape index (κ1) is 19.2. The minimum atomic E-state index is -0.974. The van der Waals surface area contributed by atoms with Gasteiger partial charge in [-0.05, 0) is 67.6 Å². The Morgan fingerprint density at radius 1 is 1.26 bits per heavy atom. The van der Waals surface area contributed by atoms with Gasteiger partial charge >= 0.3 is 6.09 Å². The van der Waals surface area contributed by atoms with Gasteiger partial charge in [0.05, 0.1) is 7.11 Å². The SMILES string of the molecule is COc1ccccc1C1CCN(C[C@@H](Cc2ccncc2)NC(=O)O)CC1. The zero-order chi connectivity index (χ0) is 19.1. The van der Waals surface area contributed by atoms with Gasteiger partial charge in [0.25, 0.3) is 0 Å². The number of amides is 1. The molecule has 6 nitrogen and oxygen atoms in total. The largest absolute Gasteiger partial charge is 0.496 e. The van der Waals surface area contributed by atoms with E-state index >= 15 is 0 Å². The average Bonchev–Trinajstić information content (AvgIpc) is 2.69. The molecule has 0 spiro atoms. The molecule has 2 aromatic rings. The zero-order valence-electron chi connectivity index (χ0n) is 15.7. The van der Waals surface area contributed by atoms with E-state index in [1.165, 1.54) is 5.56 Å². The fourth-order valence-electron chi connectivity index (χ4n) is 3.88. The molecule has 6 heteroatoms. The molecule has 27 heavy (non-hydrogen) atoms. The van der Waals surface area contributed by atoms with Gasteiger partial charge in [0.1, 0.15) is 5.75 Å². The Balaban J connectivity index is 1.58. The van der Waals surface area contributed by atoms with Crippen LogP contribution >= 0.6 is 0 Å². The van der Waals surface area contributed by atoms with E-state index in [1.54, 1.807) is 19.5 Å². The summed E-state index contributed by atoms with van der Waals surface area (Å²) in [6, 6.07) is 12.0. The molecule has 2 N–H and O–H groups in total. The number of rotatable bonds is 7. The van der Waals surface area contributed by atoms with Gasteiger partial charge in [0.15, 0.2) is 0 Å². The van der Waals surface area contributed by atoms with Crippen LogP contribution in [0, 0.1) is 0 Å². The molecular formula is C21H27N3O3. The molecule has 1 aromatic carbocycles. The molecule has 1 saturated heterocycles. The summed E-state index contributed by atoms with van der Waals surface area (Å²) < 4.78 is 5.51. The molecule has 1 aliphatic heterocycles. The van der Waals surface area contributed by atoms with E-state index < -0.39 is 6.09 Å². The highest BCUT2D eigenvalue weighted by molar-refractivity contribution is 5.64.